The predicted molar refractivity (Wildman–Crippen MR) is 181 cm³/mol. The molecule has 0 bridgehead atoms. The van der Waals surface area contributed by atoms with Crippen molar-refractivity contribution < 1.29 is 9.50 Å². The number of hydrogen-bond donors (Lipinski definition) is 5. The van der Waals surface area contributed by atoms with Crippen LogP contribution in [0.2, 0.25) is 0 Å². The Labute approximate surface area is 266 Å². The molecular formula is C35H38FN9O. The molecule has 1 unspecified atom stereocenters. The number of H-pyrrole nitrogens is 2. The van der Waals surface area contributed by atoms with E-state index >= 15 is 0 Å². The van der Waals surface area contributed by atoms with Gasteiger partial charge in [-0.05, 0) is 68.9 Å². The fourth-order valence-electron chi connectivity index (χ4n) is 6.36. The van der Waals surface area contributed by atoms with Crippen LogP contribution >= 0.6 is 0 Å². The number of anilines is 2. The van der Waals surface area contributed by atoms with E-state index in [4.69, 9.17) is 0 Å². The van der Waals surface area contributed by atoms with Gasteiger partial charge in [0.1, 0.15) is 17.7 Å². The summed E-state index contributed by atoms with van der Waals surface area (Å²) in [7, 11) is 4.01. The number of likely N-dealkylation sites (N-methyl/N-ethyl adjacent to an activating group) is 1. The fourth-order valence-corrected chi connectivity index (χ4v) is 6.36. The topological polar surface area (TPSA) is 131 Å². The van der Waals surface area contributed by atoms with E-state index in [2.05, 4.69) is 45.7 Å². The molecule has 0 radical (unpaired) electrons. The Hall–Kier alpha value is -4.87. The summed E-state index contributed by atoms with van der Waals surface area (Å²) in [6, 6.07) is 11.1. The smallest absolute Gasteiger partial charge is 0.155 e. The number of pyridine rings is 3. The highest BCUT2D eigenvalue weighted by Gasteiger charge is 2.22. The van der Waals surface area contributed by atoms with Crippen LogP contribution in [0, 0.1) is 11.7 Å². The van der Waals surface area contributed by atoms with Crippen LogP contribution < -0.4 is 10.6 Å². The zero-order valence-electron chi connectivity index (χ0n) is 26.0. The summed E-state index contributed by atoms with van der Waals surface area (Å²) in [6.45, 7) is 1.54. The van der Waals surface area contributed by atoms with Gasteiger partial charge in [-0.25, -0.2) is 9.37 Å². The van der Waals surface area contributed by atoms with Gasteiger partial charge < -0.3 is 25.6 Å². The molecule has 11 heteroatoms. The lowest BCUT2D eigenvalue weighted by Gasteiger charge is -2.27. The normalized spacial score (nSPS) is 14.7. The van der Waals surface area contributed by atoms with E-state index in [9.17, 15) is 9.50 Å². The molecule has 6 aromatic rings. The van der Waals surface area contributed by atoms with E-state index in [1.54, 1.807) is 31.0 Å². The van der Waals surface area contributed by atoms with Crippen molar-refractivity contribution in [1.82, 2.24) is 35.0 Å². The minimum Gasteiger partial charge on any atom is -0.384 e. The van der Waals surface area contributed by atoms with Gasteiger partial charge in [-0.3, -0.25) is 15.1 Å². The second-order valence-electron chi connectivity index (χ2n) is 12.4. The number of rotatable bonds is 10. The first-order chi connectivity index (χ1) is 22.4. The third kappa shape index (κ3) is 6.29. The van der Waals surface area contributed by atoms with Gasteiger partial charge in [0.15, 0.2) is 5.65 Å². The van der Waals surface area contributed by atoms with Gasteiger partial charge in [-0.1, -0.05) is 19.3 Å². The predicted octanol–water partition coefficient (Wildman–Crippen LogP) is 6.65. The van der Waals surface area contributed by atoms with E-state index in [-0.39, 0.29) is 11.7 Å². The van der Waals surface area contributed by atoms with Crippen LogP contribution in [0.3, 0.4) is 0 Å². The van der Waals surface area contributed by atoms with Crippen molar-refractivity contribution >= 4 is 33.3 Å². The number of aliphatic hydroxyl groups excluding tert-OH is 1. The highest BCUT2D eigenvalue weighted by Crippen LogP contribution is 2.36. The molecule has 0 spiro atoms. The molecule has 0 saturated heterocycles. The van der Waals surface area contributed by atoms with E-state index in [1.165, 1.54) is 18.6 Å². The summed E-state index contributed by atoms with van der Waals surface area (Å²) in [6.07, 6.45) is 13.9. The third-order valence-corrected chi connectivity index (χ3v) is 8.80. The van der Waals surface area contributed by atoms with E-state index in [0.29, 0.717) is 17.9 Å². The quantitative estimate of drug-likeness (QED) is 0.108. The molecule has 1 aliphatic rings. The number of nitrogens with zero attached hydrogens (tertiary/aromatic N) is 5. The van der Waals surface area contributed by atoms with Gasteiger partial charge in [0.25, 0.3) is 0 Å². The maximum absolute atomic E-state index is 14.7. The second-order valence-corrected chi connectivity index (χ2v) is 12.4. The number of aliphatic hydroxyl groups is 1. The lowest BCUT2D eigenvalue weighted by molar-refractivity contribution is 0.109. The Morgan fingerprint density at radius 2 is 1.70 bits per heavy atom. The minimum atomic E-state index is -0.599. The summed E-state index contributed by atoms with van der Waals surface area (Å²) in [4.78, 5) is 19.1. The molecule has 0 amide bonds. The van der Waals surface area contributed by atoms with Crippen LogP contribution in [0.4, 0.5) is 15.8 Å². The van der Waals surface area contributed by atoms with Crippen molar-refractivity contribution in [3.05, 3.63) is 73.2 Å². The molecule has 5 heterocycles. The SMILES string of the molecule is CN(C)CCNc1cc(F)cc(-c2cncc3[nH]c(-c4n[nH]c5ncc(-c6cncc(NC(O)C7CCCCC7)c6)cc45)cc23)c1. The Morgan fingerprint density at radius 1 is 0.891 bits per heavy atom. The Bertz CT molecular complexity index is 1980. The van der Waals surface area contributed by atoms with Crippen LogP contribution in [0.1, 0.15) is 32.1 Å². The molecular weight excluding hydrogens is 581 g/mol. The fraction of sp³-hybridized carbons (Fsp3) is 0.314. The first kappa shape index (κ1) is 29.8. The number of aromatic amines is 2. The number of hydrogen-bond acceptors (Lipinski definition) is 8. The maximum Gasteiger partial charge on any atom is 0.155 e. The molecule has 1 saturated carbocycles. The average molecular weight is 620 g/mol. The summed E-state index contributed by atoms with van der Waals surface area (Å²) >= 11 is 0. The van der Waals surface area contributed by atoms with Crippen molar-refractivity contribution in [2.75, 3.05) is 37.8 Å². The van der Waals surface area contributed by atoms with Crippen LogP contribution in [-0.2, 0) is 0 Å². The highest BCUT2D eigenvalue weighted by atomic mass is 19.1. The molecule has 0 aliphatic heterocycles. The Morgan fingerprint density at radius 3 is 2.54 bits per heavy atom. The summed E-state index contributed by atoms with van der Waals surface area (Å²) in [5.41, 5.74) is 7.79. The lowest BCUT2D eigenvalue weighted by atomic mass is 9.88. The van der Waals surface area contributed by atoms with Crippen molar-refractivity contribution in [3.63, 3.8) is 0 Å². The zero-order valence-corrected chi connectivity index (χ0v) is 26.0. The van der Waals surface area contributed by atoms with Crippen LogP contribution in [0.25, 0.3) is 55.6 Å². The summed E-state index contributed by atoms with van der Waals surface area (Å²) in [5, 5.41) is 26.8. The molecule has 5 N–H and O–H groups in total. The number of aromatic nitrogens is 6. The largest absolute Gasteiger partial charge is 0.384 e. The molecule has 1 aromatic carbocycles. The van der Waals surface area contributed by atoms with Crippen molar-refractivity contribution in [1.29, 1.82) is 0 Å². The van der Waals surface area contributed by atoms with E-state index in [1.807, 2.05) is 38.4 Å². The minimum absolute atomic E-state index is 0.253. The van der Waals surface area contributed by atoms with Crippen molar-refractivity contribution in [3.8, 4) is 33.6 Å². The second kappa shape index (κ2) is 12.9. The molecule has 7 rings (SSSR count). The van der Waals surface area contributed by atoms with Crippen LogP contribution in [0.15, 0.2) is 67.4 Å². The van der Waals surface area contributed by atoms with Gasteiger partial charge >= 0.3 is 0 Å². The Balaban J connectivity index is 1.19. The zero-order chi connectivity index (χ0) is 31.6. The summed E-state index contributed by atoms with van der Waals surface area (Å²) < 4.78 is 14.7. The number of fused-ring (bicyclic) bond motifs is 2. The maximum atomic E-state index is 14.7. The third-order valence-electron chi connectivity index (χ3n) is 8.80. The average Bonchev–Trinajstić information content (AvgIpc) is 3.69. The molecule has 5 aromatic heterocycles. The van der Waals surface area contributed by atoms with Crippen molar-refractivity contribution in [2.45, 2.75) is 38.3 Å². The Kier molecular flexibility index (Phi) is 8.33. The molecule has 10 nitrogen and oxygen atoms in total. The number of benzene rings is 1. The van der Waals surface area contributed by atoms with Gasteiger partial charge in [0.2, 0.25) is 0 Å². The first-order valence-electron chi connectivity index (χ1n) is 15.8. The van der Waals surface area contributed by atoms with E-state index < -0.39 is 6.23 Å². The lowest BCUT2D eigenvalue weighted by Crippen LogP contribution is -2.30. The van der Waals surface area contributed by atoms with Crippen molar-refractivity contribution in [2.24, 2.45) is 5.92 Å². The molecule has 1 aliphatic carbocycles. The standard InChI is InChI=1S/C35H38FN9O/c1-45(2)9-8-39-26-11-22(10-25(36)14-26)30-19-38-20-32-28(30)15-31(42-32)33-29-13-24(17-40-34(29)44-43-33)23-12-27(18-37-16-23)41-35(46)21-6-4-3-5-7-21/h10-21,35,39,41-42,46H,3-9H2,1-2H3,(H,40,43,44). The molecule has 46 heavy (non-hydrogen) atoms. The highest BCUT2D eigenvalue weighted by molar-refractivity contribution is 6.01. The monoisotopic (exact) mass is 619 g/mol. The van der Waals surface area contributed by atoms with E-state index in [0.717, 1.165) is 87.8 Å². The number of nitrogens with one attached hydrogen (secondary N) is 4. The first-order valence-corrected chi connectivity index (χ1v) is 15.8. The molecule has 1 atom stereocenters. The van der Waals surface area contributed by atoms with Gasteiger partial charge in [0, 0.05) is 70.7 Å². The van der Waals surface area contributed by atoms with Crippen LogP contribution in [0.5, 0.6) is 0 Å². The number of halogens is 1. The summed E-state index contributed by atoms with van der Waals surface area (Å²) in [5.74, 6) is -0.0598. The van der Waals surface area contributed by atoms with Gasteiger partial charge in [-0.15, -0.1) is 0 Å². The molecule has 1 fully saturated rings. The van der Waals surface area contributed by atoms with Gasteiger partial charge in [0.05, 0.1) is 29.3 Å². The van der Waals surface area contributed by atoms with Gasteiger partial charge in [-0.2, -0.15) is 5.10 Å². The van der Waals surface area contributed by atoms with Crippen LogP contribution in [-0.4, -0.2) is 73.6 Å². The molecule has 236 valence electrons.